The van der Waals surface area contributed by atoms with Gasteiger partial charge in [0, 0.05) is 29.6 Å². The quantitative estimate of drug-likeness (QED) is 0.675. The maximum absolute atomic E-state index is 12.4. The van der Waals surface area contributed by atoms with E-state index in [0.29, 0.717) is 18.4 Å². The van der Waals surface area contributed by atoms with Gasteiger partial charge in [-0.15, -0.1) is 0 Å². The number of fused-ring (bicyclic) bond motifs is 1. The van der Waals surface area contributed by atoms with E-state index in [4.69, 9.17) is 0 Å². The van der Waals surface area contributed by atoms with Crippen LogP contribution < -0.4 is 5.32 Å². The van der Waals surface area contributed by atoms with E-state index in [1.807, 2.05) is 18.3 Å². The molecule has 0 saturated heterocycles. The lowest BCUT2D eigenvalue weighted by atomic mass is 9.82. The van der Waals surface area contributed by atoms with Gasteiger partial charge in [0.1, 0.15) is 0 Å². The molecule has 1 aliphatic carbocycles. The average molecular weight is 346 g/mol. The van der Waals surface area contributed by atoms with Crippen molar-refractivity contribution in [3.8, 4) is 0 Å². The fraction of sp³-hybridized carbons (Fsp3) is 0.348. The lowest BCUT2D eigenvalue weighted by molar-refractivity contribution is -0.122. The van der Waals surface area contributed by atoms with Crippen LogP contribution in [0, 0.1) is 0 Å². The van der Waals surface area contributed by atoms with Gasteiger partial charge >= 0.3 is 0 Å². The standard InChI is InChI=1S/C23H26N2O/c26-23(15-12-19-16-24-22-9-5-4-8-21(19)22)25-20-13-10-18(11-14-20)17-6-2-1-3-7-17/h1-9,16,18,20,24H,10-15H2,(H,25,26). The van der Waals surface area contributed by atoms with Gasteiger partial charge in [-0.25, -0.2) is 0 Å². The van der Waals surface area contributed by atoms with Gasteiger partial charge in [0.25, 0.3) is 0 Å². The third kappa shape index (κ3) is 3.82. The second kappa shape index (κ2) is 7.77. The summed E-state index contributed by atoms with van der Waals surface area (Å²) in [6.45, 7) is 0. The van der Waals surface area contributed by atoms with Gasteiger partial charge in [0.2, 0.25) is 5.91 Å². The lowest BCUT2D eigenvalue weighted by Crippen LogP contribution is -2.37. The molecule has 1 amide bonds. The number of aromatic amines is 1. The molecule has 1 aromatic heterocycles. The van der Waals surface area contributed by atoms with Crippen molar-refractivity contribution in [2.45, 2.75) is 50.5 Å². The van der Waals surface area contributed by atoms with Crippen molar-refractivity contribution in [1.82, 2.24) is 10.3 Å². The molecule has 0 spiro atoms. The van der Waals surface area contributed by atoms with Gasteiger partial charge in [-0.1, -0.05) is 48.5 Å². The van der Waals surface area contributed by atoms with Gasteiger partial charge in [0.05, 0.1) is 0 Å². The summed E-state index contributed by atoms with van der Waals surface area (Å²) in [5.74, 6) is 0.828. The summed E-state index contributed by atoms with van der Waals surface area (Å²) in [5.41, 5.74) is 3.81. The number of carbonyl (C=O) groups is 1. The number of carbonyl (C=O) groups excluding carboxylic acids is 1. The summed E-state index contributed by atoms with van der Waals surface area (Å²) < 4.78 is 0. The Bertz CT molecular complexity index is 860. The zero-order chi connectivity index (χ0) is 17.8. The van der Waals surface area contributed by atoms with Crippen LogP contribution in [0.25, 0.3) is 10.9 Å². The molecule has 3 nitrogen and oxygen atoms in total. The Morgan fingerprint density at radius 3 is 2.50 bits per heavy atom. The molecule has 1 saturated carbocycles. The zero-order valence-electron chi connectivity index (χ0n) is 15.1. The topological polar surface area (TPSA) is 44.9 Å². The molecule has 0 unspecified atom stereocenters. The first-order valence-corrected chi connectivity index (χ1v) is 9.69. The molecule has 2 aromatic carbocycles. The minimum absolute atomic E-state index is 0.179. The summed E-state index contributed by atoms with van der Waals surface area (Å²) in [6, 6.07) is 19.4. The third-order valence-electron chi connectivity index (χ3n) is 5.66. The summed E-state index contributed by atoms with van der Waals surface area (Å²) >= 11 is 0. The number of aryl methyl sites for hydroxylation is 1. The van der Waals surface area contributed by atoms with Crippen molar-refractivity contribution >= 4 is 16.8 Å². The van der Waals surface area contributed by atoms with Gasteiger partial charge in [-0.05, 0) is 55.2 Å². The fourth-order valence-corrected chi connectivity index (χ4v) is 4.18. The Balaban J connectivity index is 1.25. The Kier molecular flexibility index (Phi) is 5.05. The molecular weight excluding hydrogens is 320 g/mol. The second-order valence-electron chi connectivity index (χ2n) is 7.39. The van der Waals surface area contributed by atoms with E-state index in [1.165, 1.54) is 16.5 Å². The molecule has 3 aromatic rings. The number of rotatable bonds is 5. The molecule has 1 fully saturated rings. The highest BCUT2D eigenvalue weighted by atomic mass is 16.1. The minimum Gasteiger partial charge on any atom is -0.361 e. The van der Waals surface area contributed by atoms with Crippen molar-refractivity contribution < 1.29 is 4.79 Å². The predicted molar refractivity (Wildman–Crippen MR) is 106 cm³/mol. The normalized spacial score (nSPS) is 20.2. The molecule has 0 radical (unpaired) electrons. The van der Waals surface area contributed by atoms with Crippen LogP contribution in [0.1, 0.15) is 49.1 Å². The van der Waals surface area contributed by atoms with Crippen LogP contribution in [0.4, 0.5) is 0 Å². The van der Waals surface area contributed by atoms with Crippen LogP contribution in [0.15, 0.2) is 60.8 Å². The molecule has 4 rings (SSSR count). The lowest BCUT2D eigenvalue weighted by Gasteiger charge is -2.29. The molecule has 0 atom stereocenters. The summed E-state index contributed by atoms with van der Waals surface area (Å²) in [7, 11) is 0. The van der Waals surface area contributed by atoms with E-state index in [-0.39, 0.29) is 5.91 Å². The van der Waals surface area contributed by atoms with E-state index in [2.05, 4.69) is 52.8 Å². The Hall–Kier alpha value is -2.55. The largest absolute Gasteiger partial charge is 0.361 e. The highest BCUT2D eigenvalue weighted by Crippen LogP contribution is 2.32. The molecule has 0 aliphatic heterocycles. The fourth-order valence-electron chi connectivity index (χ4n) is 4.18. The zero-order valence-corrected chi connectivity index (χ0v) is 15.1. The number of benzene rings is 2. The number of amides is 1. The number of H-pyrrole nitrogens is 1. The number of hydrogen-bond acceptors (Lipinski definition) is 1. The molecular formula is C23H26N2O. The summed E-state index contributed by atoms with van der Waals surface area (Å²) in [4.78, 5) is 15.7. The Labute approximate surface area is 154 Å². The van der Waals surface area contributed by atoms with E-state index in [0.717, 1.165) is 37.6 Å². The van der Waals surface area contributed by atoms with Gasteiger partial charge in [0.15, 0.2) is 0 Å². The highest BCUT2D eigenvalue weighted by Gasteiger charge is 2.23. The van der Waals surface area contributed by atoms with Crippen molar-refractivity contribution in [1.29, 1.82) is 0 Å². The van der Waals surface area contributed by atoms with Crippen molar-refractivity contribution in [3.05, 3.63) is 71.9 Å². The molecule has 26 heavy (non-hydrogen) atoms. The Morgan fingerprint density at radius 2 is 1.69 bits per heavy atom. The number of aromatic nitrogens is 1. The van der Waals surface area contributed by atoms with Crippen molar-refractivity contribution in [2.75, 3.05) is 0 Å². The monoisotopic (exact) mass is 346 g/mol. The van der Waals surface area contributed by atoms with E-state index >= 15 is 0 Å². The maximum Gasteiger partial charge on any atom is 0.220 e. The molecule has 134 valence electrons. The highest BCUT2D eigenvalue weighted by molar-refractivity contribution is 5.84. The number of hydrogen-bond donors (Lipinski definition) is 2. The molecule has 1 aliphatic rings. The van der Waals surface area contributed by atoms with Gasteiger partial charge in [-0.2, -0.15) is 0 Å². The van der Waals surface area contributed by atoms with E-state index in [9.17, 15) is 4.79 Å². The molecule has 3 heteroatoms. The molecule has 2 N–H and O–H groups in total. The maximum atomic E-state index is 12.4. The van der Waals surface area contributed by atoms with Crippen LogP contribution in [0.2, 0.25) is 0 Å². The first-order valence-electron chi connectivity index (χ1n) is 9.69. The molecule has 0 bridgehead atoms. The smallest absolute Gasteiger partial charge is 0.220 e. The van der Waals surface area contributed by atoms with Gasteiger partial charge < -0.3 is 10.3 Å². The SMILES string of the molecule is O=C(CCc1c[nH]c2ccccc12)NC1CCC(c2ccccc2)CC1. The van der Waals surface area contributed by atoms with Crippen LogP contribution >= 0.6 is 0 Å². The van der Waals surface area contributed by atoms with E-state index in [1.54, 1.807) is 0 Å². The number of para-hydroxylation sites is 1. The molecule has 1 heterocycles. The first-order chi connectivity index (χ1) is 12.8. The Morgan fingerprint density at radius 1 is 0.962 bits per heavy atom. The third-order valence-corrected chi connectivity index (χ3v) is 5.66. The summed E-state index contributed by atoms with van der Waals surface area (Å²) in [5, 5.41) is 4.48. The van der Waals surface area contributed by atoms with Crippen LogP contribution in [-0.4, -0.2) is 16.9 Å². The second-order valence-corrected chi connectivity index (χ2v) is 7.39. The summed E-state index contributed by atoms with van der Waals surface area (Å²) in [6.07, 6.45) is 7.87. The predicted octanol–water partition coefficient (Wildman–Crippen LogP) is 4.94. The van der Waals surface area contributed by atoms with Crippen LogP contribution in [-0.2, 0) is 11.2 Å². The van der Waals surface area contributed by atoms with Gasteiger partial charge in [-0.3, -0.25) is 4.79 Å². The van der Waals surface area contributed by atoms with Crippen molar-refractivity contribution in [2.24, 2.45) is 0 Å². The minimum atomic E-state index is 0.179. The van der Waals surface area contributed by atoms with E-state index < -0.39 is 0 Å². The average Bonchev–Trinajstić information content (AvgIpc) is 3.11. The number of nitrogens with one attached hydrogen (secondary N) is 2. The van der Waals surface area contributed by atoms with Crippen LogP contribution in [0.5, 0.6) is 0 Å². The van der Waals surface area contributed by atoms with Crippen LogP contribution in [0.3, 0.4) is 0 Å². The van der Waals surface area contributed by atoms with Crippen molar-refractivity contribution in [3.63, 3.8) is 0 Å². The first kappa shape index (κ1) is 16.9.